The number of aliphatic carboxylic acids is 3. The molecule has 0 spiro atoms. The van der Waals surface area contributed by atoms with Gasteiger partial charge in [0, 0.05) is 19.5 Å². The summed E-state index contributed by atoms with van der Waals surface area (Å²) in [4.78, 5) is 79.8. The average Bonchev–Trinajstić information content (AvgIpc) is 3.16. The molecule has 1 aliphatic heterocycles. The number of ether oxygens (including phenoxy) is 1. The zero-order chi connectivity index (χ0) is 48.6. The van der Waals surface area contributed by atoms with Crippen molar-refractivity contribution >= 4 is 41.6 Å². The molecule has 1 heterocycles. The number of halogens is 12. The monoisotopic (exact) mass is 926 g/mol. The van der Waals surface area contributed by atoms with E-state index < -0.39 is 79.0 Å². The van der Waals surface area contributed by atoms with Gasteiger partial charge in [-0.3, -0.25) is 19.2 Å². The third kappa shape index (κ3) is 26.8. The van der Waals surface area contributed by atoms with E-state index in [2.05, 4.69) is 10.6 Å². The number of esters is 1. The van der Waals surface area contributed by atoms with Crippen LogP contribution in [0.1, 0.15) is 70.3 Å². The lowest BCUT2D eigenvalue weighted by molar-refractivity contribution is -0.193. The van der Waals surface area contributed by atoms with E-state index in [4.69, 9.17) is 40.2 Å². The first-order chi connectivity index (χ1) is 28.3. The standard InChI is InChI=1S/C29H43F3N4O5.3C2HF3O2/c1-3-4-12-24(27(39)36-17-14-21(15-18-36)28(40)41-2)35-26(38)23(13-8-9-16-29(30,31)32)34-25(37)22(33)19-20-10-6-5-7-11-20;3*3-2(4,5)1(6)7/h5-7,10-11,21-24H,3-4,8-9,12-19,33H2,1-2H3,(H,34,37)(H,35,38);3*(H,6,7)/t22-,23-,24?;;;/m1.../s1. The van der Waals surface area contributed by atoms with Gasteiger partial charge >= 0.3 is 48.6 Å². The number of carbonyl (C=O) groups excluding carboxylic acids is 4. The van der Waals surface area contributed by atoms with Gasteiger partial charge in [0.15, 0.2) is 0 Å². The van der Waals surface area contributed by atoms with Gasteiger partial charge in [-0.15, -0.1) is 0 Å². The minimum atomic E-state index is -5.08. The van der Waals surface area contributed by atoms with Crippen molar-refractivity contribution in [3.05, 3.63) is 35.9 Å². The Morgan fingerprint density at radius 2 is 1.13 bits per heavy atom. The molecule has 2 rings (SSSR count). The van der Waals surface area contributed by atoms with Crippen LogP contribution in [-0.4, -0.2) is 125 Å². The molecule has 356 valence electrons. The Hall–Kier alpha value is -5.37. The van der Waals surface area contributed by atoms with Crippen molar-refractivity contribution in [2.75, 3.05) is 20.2 Å². The summed E-state index contributed by atoms with van der Waals surface area (Å²) in [6.45, 7) is 2.62. The number of piperidine rings is 1. The largest absolute Gasteiger partial charge is 0.490 e. The lowest BCUT2D eigenvalue weighted by atomic mass is 9.96. The van der Waals surface area contributed by atoms with Gasteiger partial charge in [0.1, 0.15) is 12.1 Å². The van der Waals surface area contributed by atoms with Crippen molar-refractivity contribution in [1.82, 2.24) is 15.5 Å². The molecule has 27 heteroatoms. The lowest BCUT2D eigenvalue weighted by Crippen LogP contribution is -2.57. The van der Waals surface area contributed by atoms with Gasteiger partial charge in [-0.2, -0.15) is 52.7 Å². The summed E-state index contributed by atoms with van der Waals surface area (Å²) in [7, 11) is 1.32. The van der Waals surface area contributed by atoms with Crippen molar-refractivity contribution in [2.45, 2.75) is 114 Å². The number of amides is 3. The fraction of sp³-hybridized carbons (Fsp3) is 0.629. The van der Waals surface area contributed by atoms with Crippen LogP contribution in [0.25, 0.3) is 0 Å². The summed E-state index contributed by atoms with van der Waals surface area (Å²) < 4.78 is 138. The van der Waals surface area contributed by atoms with Crippen LogP contribution in [0.5, 0.6) is 0 Å². The molecule has 1 unspecified atom stereocenters. The van der Waals surface area contributed by atoms with Crippen molar-refractivity contribution in [3.8, 4) is 0 Å². The maximum absolute atomic E-state index is 13.4. The number of nitrogens with two attached hydrogens (primary N) is 1. The lowest BCUT2D eigenvalue weighted by Gasteiger charge is -2.34. The van der Waals surface area contributed by atoms with Gasteiger partial charge in [0.25, 0.3) is 0 Å². The number of rotatable bonds is 15. The highest BCUT2D eigenvalue weighted by molar-refractivity contribution is 5.93. The van der Waals surface area contributed by atoms with E-state index in [1.165, 1.54) is 7.11 Å². The molecule has 1 fully saturated rings. The van der Waals surface area contributed by atoms with Gasteiger partial charge in [-0.25, -0.2) is 14.4 Å². The minimum absolute atomic E-state index is 0.0368. The van der Waals surface area contributed by atoms with Gasteiger partial charge in [0.05, 0.1) is 19.1 Å². The predicted octanol–water partition coefficient (Wildman–Crippen LogP) is 5.15. The number of benzene rings is 1. The molecule has 0 aliphatic carbocycles. The van der Waals surface area contributed by atoms with Crippen LogP contribution in [0, 0.1) is 5.92 Å². The summed E-state index contributed by atoms with van der Waals surface area (Å²) in [5.41, 5.74) is 6.90. The maximum atomic E-state index is 13.4. The highest BCUT2D eigenvalue weighted by Crippen LogP contribution is 2.24. The quantitative estimate of drug-likeness (QED) is 0.0761. The number of carboxylic acid groups (broad SMARTS) is 3. The fourth-order valence-electron chi connectivity index (χ4n) is 4.84. The van der Waals surface area contributed by atoms with Crippen LogP contribution in [0.2, 0.25) is 0 Å². The summed E-state index contributed by atoms with van der Waals surface area (Å²) in [5, 5.41) is 26.7. The Morgan fingerprint density at radius 3 is 1.52 bits per heavy atom. The third-order valence-corrected chi connectivity index (χ3v) is 8.00. The van der Waals surface area contributed by atoms with E-state index in [1.54, 1.807) is 4.90 Å². The molecular formula is C35H46F12N4O11. The zero-order valence-electron chi connectivity index (χ0n) is 32.8. The normalized spacial score (nSPS) is 14.7. The van der Waals surface area contributed by atoms with E-state index in [-0.39, 0.29) is 43.5 Å². The first-order valence-corrected chi connectivity index (χ1v) is 18.0. The molecule has 0 saturated carbocycles. The predicted molar refractivity (Wildman–Crippen MR) is 188 cm³/mol. The van der Waals surface area contributed by atoms with Crippen LogP contribution in [0.15, 0.2) is 30.3 Å². The molecule has 1 aromatic rings. The molecule has 0 bridgehead atoms. The molecule has 15 nitrogen and oxygen atoms in total. The number of nitrogens with one attached hydrogen (secondary N) is 2. The van der Waals surface area contributed by atoms with Crippen LogP contribution in [0.4, 0.5) is 52.7 Å². The van der Waals surface area contributed by atoms with Crippen LogP contribution < -0.4 is 16.4 Å². The molecule has 3 atom stereocenters. The smallest absolute Gasteiger partial charge is 0.475 e. The molecule has 0 radical (unpaired) electrons. The van der Waals surface area contributed by atoms with Crippen molar-refractivity contribution < 1.29 is 106 Å². The molecule has 1 aliphatic rings. The van der Waals surface area contributed by atoms with Crippen LogP contribution in [-0.2, 0) is 44.7 Å². The van der Waals surface area contributed by atoms with Gasteiger partial charge in [-0.1, -0.05) is 56.5 Å². The number of carboxylic acids is 3. The number of hydrogen-bond acceptors (Lipinski definition) is 9. The minimum Gasteiger partial charge on any atom is -0.475 e. The Morgan fingerprint density at radius 1 is 0.710 bits per heavy atom. The SMILES string of the molecule is CCCCC(NC(=O)[C@@H](CCCCC(F)(F)F)NC(=O)[C@H](N)Cc1ccccc1)C(=O)N1CCC(C(=O)OC)CC1.O=C(O)C(F)(F)F.O=C(O)C(F)(F)F.O=C(O)C(F)(F)F. The Bertz CT molecular complexity index is 1510. The number of methoxy groups -OCH3 is 1. The molecule has 3 amide bonds. The molecule has 62 heavy (non-hydrogen) atoms. The number of nitrogens with zero attached hydrogens (tertiary/aromatic N) is 1. The highest BCUT2D eigenvalue weighted by atomic mass is 19.4. The zero-order valence-corrected chi connectivity index (χ0v) is 32.8. The molecule has 0 aromatic heterocycles. The number of unbranched alkanes of at least 4 members (excludes halogenated alkanes) is 2. The van der Waals surface area contributed by atoms with E-state index in [0.717, 1.165) is 12.0 Å². The van der Waals surface area contributed by atoms with E-state index >= 15 is 0 Å². The Labute approximate surface area is 345 Å². The third-order valence-electron chi connectivity index (χ3n) is 8.00. The molecule has 1 aromatic carbocycles. The Kier molecular flexibility index (Phi) is 26.1. The second-order valence-electron chi connectivity index (χ2n) is 13.0. The number of alkyl halides is 12. The summed E-state index contributed by atoms with van der Waals surface area (Å²) >= 11 is 0. The van der Waals surface area contributed by atoms with E-state index in [0.29, 0.717) is 38.8 Å². The Balaban J connectivity index is 0. The topological polar surface area (TPSA) is 243 Å². The van der Waals surface area contributed by atoms with E-state index in [9.17, 15) is 71.9 Å². The van der Waals surface area contributed by atoms with Gasteiger partial charge in [-0.05, 0) is 44.1 Å². The maximum Gasteiger partial charge on any atom is 0.490 e. The summed E-state index contributed by atoms with van der Waals surface area (Å²) in [6.07, 6.45) is -17.9. The van der Waals surface area contributed by atoms with E-state index in [1.807, 2.05) is 37.3 Å². The first-order valence-electron chi connectivity index (χ1n) is 18.0. The first kappa shape index (κ1) is 58.7. The van der Waals surface area contributed by atoms with Crippen molar-refractivity contribution in [3.63, 3.8) is 0 Å². The van der Waals surface area contributed by atoms with Crippen LogP contribution >= 0.6 is 0 Å². The van der Waals surface area contributed by atoms with Crippen molar-refractivity contribution in [2.24, 2.45) is 11.7 Å². The summed E-state index contributed by atoms with van der Waals surface area (Å²) in [5.74, 6) is -10.4. The number of hydrogen-bond donors (Lipinski definition) is 6. The highest BCUT2D eigenvalue weighted by Gasteiger charge is 2.40. The second kappa shape index (κ2) is 27.5. The van der Waals surface area contributed by atoms with Crippen LogP contribution in [0.3, 0.4) is 0 Å². The molecular weight excluding hydrogens is 880 g/mol. The molecule has 7 N–H and O–H groups in total. The fourth-order valence-corrected chi connectivity index (χ4v) is 4.84. The summed E-state index contributed by atoms with van der Waals surface area (Å²) in [6, 6.07) is 6.07. The molecule has 1 saturated heterocycles. The number of carbonyl (C=O) groups is 7. The van der Waals surface area contributed by atoms with Gasteiger partial charge < -0.3 is 41.3 Å². The number of likely N-dealkylation sites (tertiary alicyclic amines) is 1. The van der Waals surface area contributed by atoms with Crippen molar-refractivity contribution in [1.29, 1.82) is 0 Å². The average molecular weight is 927 g/mol. The van der Waals surface area contributed by atoms with Gasteiger partial charge in [0.2, 0.25) is 17.7 Å². The second-order valence-corrected chi connectivity index (χ2v) is 13.0.